The number of halogens is 1. The Labute approximate surface area is 116 Å². The van der Waals surface area contributed by atoms with Gasteiger partial charge in [0.25, 0.3) is 10.0 Å². The zero-order chi connectivity index (χ0) is 14.8. The monoisotopic (exact) mass is 295 g/mol. The van der Waals surface area contributed by atoms with Crippen LogP contribution in [0.1, 0.15) is 11.1 Å². The van der Waals surface area contributed by atoms with E-state index in [1.807, 2.05) is 0 Å². The van der Waals surface area contributed by atoms with Gasteiger partial charge in [-0.05, 0) is 48.4 Å². The van der Waals surface area contributed by atoms with Gasteiger partial charge >= 0.3 is 0 Å². The average molecular weight is 295 g/mol. The van der Waals surface area contributed by atoms with Crippen LogP contribution in [0.3, 0.4) is 0 Å². The first-order chi connectivity index (χ1) is 9.42. The molecule has 4 nitrogen and oxygen atoms in total. The van der Waals surface area contributed by atoms with Gasteiger partial charge in [0.15, 0.2) is 0 Å². The molecule has 106 valence electrons. The summed E-state index contributed by atoms with van der Waals surface area (Å²) in [4.78, 5) is 0.0472. The molecule has 0 saturated carbocycles. The van der Waals surface area contributed by atoms with E-state index in [-0.39, 0.29) is 11.5 Å². The van der Waals surface area contributed by atoms with Crippen molar-refractivity contribution >= 4 is 15.7 Å². The molecule has 0 atom stereocenters. The molecule has 0 aromatic heterocycles. The predicted molar refractivity (Wildman–Crippen MR) is 74.3 cm³/mol. The molecule has 0 bridgehead atoms. The molecule has 0 radical (unpaired) electrons. The number of anilines is 1. The lowest BCUT2D eigenvalue weighted by Gasteiger charge is -2.09. The van der Waals surface area contributed by atoms with Gasteiger partial charge in [-0.3, -0.25) is 4.72 Å². The van der Waals surface area contributed by atoms with Crippen LogP contribution in [0.15, 0.2) is 47.4 Å². The van der Waals surface area contributed by atoms with E-state index in [4.69, 9.17) is 5.11 Å². The maximum absolute atomic E-state index is 13.1. The molecule has 0 amide bonds. The lowest BCUT2D eigenvalue weighted by atomic mass is 10.2. The summed E-state index contributed by atoms with van der Waals surface area (Å²) in [5.41, 5.74) is 1.15. The Morgan fingerprint density at radius 2 is 1.95 bits per heavy atom. The van der Waals surface area contributed by atoms with Gasteiger partial charge in [-0.25, -0.2) is 12.8 Å². The molecule has 2 rings (SSSR count). The van der Waals surface area contributed by atoms with Gasteiger partial charge in [0, 0.05) is 5.69 Å². The van der Waals surface area contributed by atoms with E-state index in [1.54, 1.807) is 19.1 Å². The predicted octanol–water partition coefficient (Wildman–Crippen LogP) is 2.43. The molecule has 0 aliphatic heterocycles. The Balaban J connectivity index is 2.32. The Morgan fingerprint density at radius 3 is 2.60 bits per heavy atom. The summed E-state index contributed by atoms with van der Waals surface area (Å²) in [6.07, 6.45) is 0. The molecule has 2 aromatic carbocycles. The van der Waals surface area contributed by atoms with Gasteiger partial charge in [0.1, 0.15) is 5.82 Å². The van der Waals surface area contributed by atoms with Crippen LogP contribution in [0.4, 0.5) is 10.1 Å². The summed E-state index contributed by atoms with van der Waals surface area (Å²) in [7, 11) is -3.76. The largest absolute Gasteiger partial charge is 0.392 e. The van der Waals surface area contributed by atoms with Crippen LogP contribution in [0.25, 0.3) is 0 Å². The summed E-state index contributed by atoms with van der Waals surface area (Å²) < 4.78 is 39.9. The van der Waals surface area contributed by atoms with Crippen LogP contribution in [-0.2, 0) is 16.6 Å². The van der Waals surface area contributed by atoms with Crippen molar-refractivity contribution in [3.05, 3.63) is 59.4 Å². The van der Waals surface area contributed by atoms with E-state index < -0.39 is 15.8 Å². The second-order valence-electron chi connectivity index (χ2n) is 4.37. The normalized spacial score (nSPS) is 11.3. The number of aliphatic hydroxyl groups excluding tert-OH is 1. The number of hydrogen-bond acceptors (Lipinski definition) is 3. The molecule has 0 saturated heterocycles. The van der Waals surface area contributed by atoms with Crippen molar-refractivity contribution in [1.29, 1.82) is 0 Å². The highest BCUT2D eigenvalue weighted by atomic mass is 32.2. The quantitative estimate of drug-likeness (QED) is 0.910. The molecule has 2 N–H and O–H groups in total. The van der Waals surface area contributed by atoms with Crippen LogP contribution in [-0.4, -0.2) is 13.5 Å². The van der Waals surface area contributed by atoms with E-state index >= 15 is 0 Å². The number of hydrogen-bond donors (Lipinski definition) is 2. The lowest BCUT2D eigenvalue weighted by Crippen LogP contribution is -2.13. The summed E-state index contributed by atoms with van der Waals surface area (Å²) in [6, 6.07) is 9.98. The van der Waals surface area contributed by atoms with E-state index in [9.17, 15) is 12.8 Å². The third-order valence-electron chi connectivity index (χ3n) is 2.80. The third-order valence-corrected chi connectivity index (χ3v) is 4.18. The summed E-state index contributed by atoms with van der Waals surface area (Å²) in [5.74, 6) is -0.393. The second-order valence-corrected chi connectivity index (χ2v) is 6.06. The summed E-state index contributed by atoms with van der Waals surface area (Å²) in [5, 5.41) is 9.03. The molecule has 2 aromatic rings. The van der Waals surface area contributed by atoms with E-state index in [1.165, 1.54) is 30.3 Å². The highest BCUT2D eigenvalue weighted by Gasteiger charge is 2.15. The van der Waals surface area contributed by atoms with E-state index in [2.05, 4.69) is 4.72 Å². The van der Waals surface area contributed by atoms with Crippen molar-refractivity contribution < 1.29 is 17.9 Å². The Hall–Kier alpha value is -1.92. The first-order valence-corrected chi connectivity index (χ1v) is 7.39. The zero-order valence-electron chi connectivity index (χ0n) is 10.8. The Kier molecular flexibility index (Phi) is 4.06. The smallest absolute Gasteiger partial charge is 0.261 e. The number of aliphatic hydroxyl groups is 1. The first kappa shape index (κ1) is 14.5. The lowest BCUT2D eigenvalue weighted by molar-refractivity contribution is 0.281. The second kappa shape index (κ2) is 5.60. The fraction of sp³-hybridized carbons (Fsp3) is 0.143. The fourth-order valence-electron chi connectivity index (χ4n) is 1.73. The highest BCUT2D eigenvalue weighted by molar-refractivity contribution is 7.92. The molecule has 0 fully saturated rings. The van der Waals surface area contributed by atoms with Crippen molar-refractivity contribution in [2.45, 2.75) is 18.4 Å². The number of sulfonamides is 1. The van der Waals surface area contributed by atoms with Gasteiger partial charge in [-0.2, -0.15) is 0 Å². The Morgan fingerprint density at radius 1 is 1.20 bits per heavy atom. The van der Waals surface area contributed by atoms with Gasteiger partial charge in [-0.1, -0.05) is 12.1 Å². The minimum absolute atomic E-state index is 0.0472. The van der Waals surface area contributed by atoms with E-state index in [0.29, 0.717) is 16.8 Å². The van der Waals surface area contributed by atoms with Gasteiger partial charge in [-0.15, -0.1) is 0 Å². The fourth-order valence-corrected chi connectivity index (χ4v) is 2.85. The SMILES string of the molecule is Cc1cc(NS(=O)(=O)c2cccc(CO)c2)ccc1F. The van der Waals surface area contributed by atoms with Crippen molar-refractivity contribution in [3.63, 3.8) is 0 Å². The van der Waals surface area contributed by atoms with Gasteiger partial charge in [0.05, 0.1) is 11.5 Å². The van der Waals surface area contributed by atoms with Crippen molar-refractivity contribution in [2.24, 2.45) is 0 Å². The van der Waals surface area contributed by atoms with Crippen molar-refractivity contribution in [1.82, 2.24) is 0 Å². The molecular weight excluding hydrogens is 281 g/mol. The summed E-state index contributed by atoms with van der Waals surface area (Å²) >= 11 is 0. The molecule has 6 heteroatoms. The van der Waals surface area contributed by atoms with Crippen LogP contribution in [0.2, 0.25) is 0 Å². The maximum Gasteiger partial charge on any atom is 0.261 e. The van der Waals surface area contributed by atoms with Crippen molar-refractivity contribution in [3.8, 4) is 0 Å². The highest BCUT2D eigenvalue weighted by Crippen LogP contribution is 2.19. The third kappa shape index (κ3) is 3.15. The standard InChI is InChI=1S/C14H14FNO3S/c1-10-7-12(5-6-14(10)15)16-20(18,19)13-4-2-3-11(8-13)9-17/h2-8,16-17H,9H2,1H3. The zero-order valence-corrected chi connectivity index (χ0v) is 11.6. The topological polar surface area (TPSA) is 66.4 Å². The number of nitrogens with one attached hydrogen (secondary N) is 1. The maximum atomic E-state index is 13.1. The molecule has 0 aliphatic carbocycles. The number of benzene rings is 2. The number of rotatable bonds is 4. The molecule has 0 spiro atoms. The molecule has 0 heterocycles. The van der Waals surface area contributed by atoms with Crippen molar-refractivity contribution in [2.75, 3.05) is 4.72 Å². The average Bonchev–Trinajstić information content (AvgIpc) is 2.43. The van der Waals surface area contributed by atoms with Crippen LogP contribution in [0.5, 0.6) is 0 Å². The summed E-state index contributed by atoms with van der Waals surface area (Å²) in [6.45, 7) is 1.32. The van der Waals surface area contributed by atoms with Crippen LogP contribution in [0, 0.1) is 12.7 Å². The first-order valence-electron chi connectivity index (χ1n) is 5.91. The Bertz CT molecular complexity index is 729. The minimum atomic E-state index is -3.76. The molecular formula is C14H14FNO3S. The molecule has 0 aliphatic rings. The number of aryl methyl sites for hydroxylation is 1. The van der Waals surface area contributed by atoms with Gasteiger partial charge in [0.2, 0.25) is 0 Å². The minimum Gasteiger partial charge on any atom is -0.392 e. The van der Waals surface area contributed by atoms with Gasteiger partial charge < -0.3 is 5.11 Å². The van der Waals surface area contributed by atoms with E-state index in [0.717, 1.165) is 0 Å². The van der Waals surface area contributed by atoms with Crippen LogP contribution < -0.4 is 4.72 Å². The molecule has 0 unspecified atom stereocenters. The molecule has 20 heavy (non-hydrogen) atoms. The van der Waals surface area contributed by atoms with Crippen LogP contribution >= 0.6 is 0 Å².